The Labute approximate surface area is 191 Å². The number of methoxy groups -OCH3 is 1. The number of Topliss-reactive ketones (excluding diaryl/α,β-unsaturated/α-hetero) is 1. The number of hydrogen-bond acceptors (Lipinski definition) is 6. The zero-order valence-electron chi connectivity index (χ0n) is 18.1. The lowest BCUT2D eigenvalue weighted by molar-refractivity contribution is 0.101. The van der Waals surface area contributed by atoms with Gasteiger partial charge >= 0.3 is 0 Å². The van der Waals surface area contributed by atoms with Crippen molar-refractivity contribution in [1.29, 1.82) is 0 Å². The maximum Gasteiger partial charge on any atom is 0.232 e. The number of aryl methyl sites for hydroxylation is 1. The number of fused-ring (bicyclic) bond motifs is 1. The molecule has 0 unspecified atom stereocenters. The molecule has 2 aliphatic heterocycles. The summed E-state index contributed by atoms with van der Waals surface area (Å²) in [6.45, 7) is 9.42. The molecule has 2 aromatic rings. The lowest BCUT2D eigenvalue weighted by Gasteiger charge is -2.34. The minimum absolute atomic E-state index is 0.170. The third-order valence-corrected chi connectivity index (χ3v) is 6.49. The van der Waals surface area contributed by atoms with Crippen LogP contribution >= 0.6 is 15.9 Å². The molecule has 7 heteroatoms. The predicted molar refractivity (Wildman–Crippen MR) is 124 cm³/mol. The van der Waals surface area contributed by atoms with Crippen LogP contribution in [0.25, 0.3) is 6.08 Å². The smallest absolute Gasteiger partial charge is 0.232 e. The molecule has 164 valence electrons. The predicted octanol–water partition coefficient (Wildman–Crippen LogP) is 4.23. The number of phenolic OH excluding ortho intramolecular Hbond substituents is 1. The van der Waals surface area contributed by atoms with Gasteiger partial charge in [0.25, 0.3) is 0 Å². The molecule has 0 aliphatic carbocycles. The number of carbonyl (C=O) groups is 1. The number of hydrogen-bond donors (Lipinski definition) is 1. The summed E-state index contributed by atoms with van der Waals surface area (Å²) >= 11 is 3.46. The van der Waals surface area contributed by atoms with Crippen molar-refractivity contribution in [1.82, 2.24) is 9.80 Å². The third kappa shape index (κ3) is 4.35. The fraction of sp³-hybridized carbons (Fsp3) is 0.375. The number of benzene rings is 2. The fourth-order valence-electron chi connectivity index (χ4n) is 4.18. The van der Waals surface area contributed by atoms with Gasteiger partial charge in [-0.15, -0.1) is 0 Å². The van der Waals surface area contributed by atoms with Gasteiger partial charge in [0, 0.05) is 42.8 Å². The van der Waals surface area contributed by atoms with Crippen LogP contribution in [0.5, 0.6) is 17.2 Å². The van der Waals surface area contributed by atoms with Gasteiger partial charge in [-0.1, -0.05) is 22.9 Å². The monoisotopic (exact) mass is 486 g/mol. The summed E-state index contributed by atoms with van der Waals surface area (Å²) in [6, 6.07) is 7.26. The van der Waals surface area contributed by atoms with Gasteiger partial charge in [0.05, 0.1) is 18.2 Å². The van der Waals surface area contributed by atoms with E-state index in [0.29, 0.717) is 34.7 Å². The van der Waals surface area contributed by atoms with E-state index >= 15 is 0 Å². The molecule has 2 heterocycles. The highest BCUT2D eigenvalue weighted by atomic mass is 79.9. The van der Waals surface area contributed by atoms with Crippen molar-refractivity contribution < 1.29 is 19.4 Å². The molecular weight excluding hydrogens is 460 g/mol. The molecule has 1 fully saturated rings. The molecule has 0 aromatic heterocycles. The molecule has 0 amide bonds. The number of halogens is 1. The van der Waals surface area contributed by atoms with Crippen LogP contribution in [0.2, 0.25) is 0 Å². The van der Waals surface area contributed by atoms with Crippen LogP contribution in [-0.4, -0.2) is 60.5 Å². The first-order valence-electron chi connectivity index (χ1n) is 10.5. The van der Waals surface area contributed by atoms with Crippen molar-refractivity contribution in [3.05, 3.63) is 56.8 Å². The zero-order chi connectivity index (χ0) is 22.1. The van der Waals surface area contributed by atoms with Gasteiger partial charge in [-0.2, -0.15) is 0 Å². The summed E-state index contributed by atoms with van der Waals surface area (Å²) in [7, 11) is 1.59. The minimum atomic E-state index is -0.174. The second kappa shape index (κ2) is 9.02. The molecule has 0 radical (unpaired) electrons. The highest BCUT2D eigenvalue weighted by Crippen LogP contribution is 2.42. The average Bonchev–Trinajstić information content (AvgIpc) is 3.08. The maximum atomic E-state index is 13.2. The van der Waals surface area contributed by atoms with E-state index in [2.05, 4.69) is 32.7 Å². The minimum Gasteiger partial charge on any atom is -0.507 e. The van der Waals surface area contributed by atoms with Crippen molar-refractivity contribution in [3.63, 3.8) is 0 Å². The molecule has 0 spiro atoms. The normalized spacial score (nSPS) is 18.3. The summed E-state index contributed by atoms with van der Waals surface area (Å²) in [4.78, 5) is 17.9. The van der Waals surface area contributed by atoms with Gasteiger partial charge in [-0.3, -0.25) is 9.69 Å². The Morgan fingerprint density at radius 2 is 1.90 bits per heavy atom. The van der Waals surface area contributed by atoms with Crippen molar-refractivity contribution in [2.45, 2.75) is 20.4 Å². The van der Waals surface area contributed by atoms with Crippen LogP contribution in [0.15, 0.2) is 34.5 Å². The van der Waals surface area contributed by atoms with E-state index in [1.54, 1.807) is 19.3 Å². The number of aromatic hydroxyl groups is 1. The van der Waals surface area contributed by atoms with Crippen molar-refractivity contribution >= 4 is 27.8 Å². The maximum absolute atomic E-state index is 13.2. The van der Waals surface area contributed by atoms with Crippen LogP contribution in [0, 0.1) is 6.92 Å². The molecule has 31 heavy (non-hydrogen) atoms. The number of rotatable bonds is 5. The Morgan fingerprint density at radius 3 is 2.58 bits per heavy atom. The van der Waals surface area contributed by atoms with E-state index in [1.165, 1.54) is 0 Å². The molecule has 4 rings (SSSR count). The summed E-state index contributed by atoms with van der Waals surface area (Å²) in [5.74, 6) is 1.35. The average molecular weight is 487 g/mol. The standard InChI is InChI=1S/C24H27BrN2O4/c1-4-26-7-9-27(10-8-26)14-18-19(28)11-15(2)22-23(29)21(31-24(18)22)13-16-12-17(25)5-6-20(16)30-3/h5-6,11-13,28H,4,7-10,14H2,1-3H3/b21-13-. The van der Waals surface area contributed by atoms with E-state index in [1.807, 2.05) is 25.1 Å². The van der Waals surface area contributed by atoms with Crippen LogP contribution < -0.4 is 9.47 Å². The second-order valence-electron chi connectivity index (χ2n) is 7.93. The first kappa shape index (κ1) is 21.9. The van der Waals surface area contributed by atoms with Gasteiger partial charge in [0.15, 0.2) is 5.76 Å². The van der Waals surface area contributed by atoms with Crippen molar-refractivity contribution in [2.24, 2.45) is 0 Å². The van der Waals surface area contributed by atoms with Gasteiger partial charge in [-0.05, 0) is 49.4 Å². The molecule has 2 aliphatic rings. The number of carbonyl (C=O) groups excluding carboxylic acids is 1. The second-order valence-corrected chi connectivity index (χ2v) is 8.85. The first-order valence-corrected chi connectivity index (χ1v) is 11.3. The van der Waals surface area contributed by atoms with E-state index in [9.17, 15) is 9.90 Å². The van der Waals surface area contributed by atoms with Gasteiger partial charge in [-0.25, -0.2) is 0 Å². The highest BCUT2D eigenvalue weighted by Gasteiger charge is 2.34. The molecular formula is C24H27BrN2O4. The molecule has 1 N–H and O–H groups in total. The summed E-state index contributed by atoms with van der Waals surface area (Å²) in [5, 5.41) is 10.7. The van der Waals surface area contributed by atoms with Crippen LogP contribution in [0.1, 0.15) is 34.0 Å². The summed E-state index contributed by atoms with van der Waals surface area (Å²) in [5.41, 5.74) is 2.65. The number of ketones is 1. The Kier molecular flexibility index (Phi) is 6.36. The van der Waals surface area contributed by atoms with E-state index in [0.717, 1.165) is 42.8 Å². The van der Waals surface area contributed by atoms with E-state index in [4.69, 9.17) is 9.47 Å². The van der Waals surface area contributed by atoms with E-state index in [-0.39, 0.29) is 17.3 Å². The van der Waals surface area contributed by atoms with Crippen molar-refractivity contribution in [2.75, 3.05) is 39.8 Å². The molecule has 2 aromatic carbocycles. The summed E-state index contributed by atoms with van der Waals surface area (Å²) < 4.78 is 12.4. The summed E-state index contributed by atoms with van der Waals surface area (Å²) in [6.07, 6.45) is 1.70. The number of piperazine rings is 1. The van der Waals surface area contributed by atoms with Crippen LogP contribution in [0.3, 0.4) is 0 Å². The molecule has 0 bridgehead atoms. The topological polar surface area (TPSA) is 62.2 Å². The van der Waals surface area contributed by atoms with Gasteiger partial charge < -0.3 is 19.5 Å². The Bertz CT molecular complexity index is 1040. The molecule has 0 atom stereocenters. The Hall–Kier alpha value is -2.35. The number of nitrogens with zero attached hydrogens (tertiary/aromatic N) is 2. The van der Waals surface area contributed by atoms with Crippen LogP contribution in [-0.2, 0) is 6.54 Å². The van der Waals surface area contributed by atoms with Crippen LogP contribution in [0.4, 0.5) is 0 Å². The molecule has 0 saturated carbocycles. The number of ether oxygens (including phenoxy) is 2. The Morgan fingerprint density at radius 1 is 1.19 bits per heavy atom. The number of phenols is 1. The van der Waals surface area contributed by atoms with Gasteiger partial charge in [0.1, 0.15) is 17.2 Å². The largest absolute Gasteiger partial charge is 0.507 e. The lowest BCUT2D eigenvalue weighted by atomic mass is 9.99. The van der Waals surface area contributed by atoms with Crippen molar-refractivity contribution in [3.8, 4) is 17.2 Å². The van der Waals surface area contributed by atoms with Gasteiger partial charge in [0.2, 0.25) is 5.78 Å². The molecule has 6 nitrogen and oxygen atoms in total. The fourth-order valence-corrected chi connectivity index (χ4v) is 4.56. The first-order chi connectivity index (χ1) is 14.9. The quantitative estimate of drug-likeness (QED) is 0.638. The third-order valence-electron chi connectivity index (χ3n) is 5.99. The van der Waals surface area contributed by atoms with E-state index < -0.39 is 0 Å². The zero-order valence-corrected chi connectivity index (χ0v) is 19.7. The number of allylic oxidation sites excluding steroid dienone is 1. The highest BCUT2D eigenvalue weighted by molar-refractivity contribution is 9.10. The number of likely N-dealkylation sites (N-methyl/N-ethyl adjacent to an activating group) is 1. The molecule has 1 saturated heterocycles. The lowest BCUT2D eigenvalue weighted by Crippen LogP contribution is -2.45. The Balaban J connectivity index is 1.67. The SMILES string of the molecule is CCN1CCN(Cc2c(O)cc(C)c3c2O/C(=C\c2cc(Br)ccc2OC)C3=O)CC1.